The quantitative estimate of drug-likeness (QED) is 0.142. The van der Waals surface area contributed by atoms with Crippen LogP contribution >= 0.6 is 12.6 Å². The fourth-order valence-corrected chi connectivity index (χ4v) is 4.91. The molecule has 0 radical (unpaired) electrons. The summed E-state index contributed by atoms with van der Waals surface area (Å²) in [5, 5.41) is 24.2. The minimum atomic E-state index is -0.825. The molecule has 2 aromatic rings. The van der Waals surface area contributed by atoms with Crippen LogP contribution in [0.2, 0.25) is 0 Å². The minimum absolute atomic E-state index is 0.0653. The number of aliphatic imine (C=N–C) groups is 1. The van der Waals surface area contributed by atoms with Crippen LogP contribution in [-0.4, -0.2) is 81.0 Å². The van der Waals surface area contributed by atoms with E-state index in [-0.39, 0.29) is 48.3 Å². The van der Waals surface area contributed by atoms with Crippen molar-refractivity contribution in [1.29, 1.82) is 0 Å². The largest absolute Gasteiger partial charge is 0.445 e. The van der Waals surface area contributed by atoms with Crippen molar-refractivity contribution in [2.45, 2.75) is 43.4 Å². The number of nitrogens with zero attached hydrogens (tertiary/aromatic N) is 5. The molecule has 2 fully saturated rings. The number of nitro benzene ring substituents is 2. The summed E-state index contributed by atoms with van der Waals surface area (Å²) in [7, 11) is 0. The van der Waals surface area contributed by atoms with E-state index < -0.39 is 28.1 Å². The SMILES string of the molecule is O=C(N=CN1CC[C@H](NC(=O)[C@@H]2C[C@H](S)CN2C(=O)OCc2ccc([N+](=O)[O-])cc2)C1)OCc1ccc([N+](=O)[O-])cc1. The van der Waals surface area contributed by atoms with Crippen LogP contribution in [-0.2, 0) is 27.5 Å². The van der Waals surface area contributed by atoms with E-state index in [1.807, 2.05) is 0 Å². The Kier molecular flexibility index (Phi) is 9.90. The predicted molar refractivity (Wildman–Crippen MR) is 151 cm³/mol. The van der Waals surface area contributed by atoms with Crippen molar-refractivity contribution in [2.75, 3.05) is 19.6 Å². The van der Waals surface area contributed by atoms with Gasteiger partial charge in [0.25, 0.3) is 11.4 Å². The van der Waals surface area contributed by atoms with Crippen LogP contribution in [0.3, 0.4) is 0 Å². The molecule has 0 unspecified atom stereocenters. The van der Waals surface area contributed by atoms with Gasteiger partial charge in [0.1, 0.15) is 19.3 Å². The number of carbonyl (C=O) groups excluding carboxylic acids is 3. The van der Waals surface area contributed by atoms with Crippen LogP contribution in [0.25, 0.3) is 0 Å². The number of benzene rings is 2. The molecule has 4 rings (SSSR count). The number of hydrogen-bond donors (Lipinski definition) is 2. The lowest BCUT2D eigenvalue weighted by Gasteiger charge is -2.24. The van der Waals surface area contributed by atoms with Gasteiger partial charge in [-0.2, -0.15) is 17.6 Å². The molecule has 16 heteroatoms. The van der Waals surface area contributed by atoms with E-state index in [2.05, 4.69) is 22.9 Å². The minimum Gasteiger partial charge on any atom is -0.445 e. The Morgan fingerprint density at radius 3 is 2.10 bits per heavy atom. The van der Waals surface area contributed by atoms with Crippen molar-refractivity contribution in [3.8, 4) is 0 Å². The number of rotatable bonds is 9. The Labute approximate surface area is 245 Å². The Bertz CT molecular complexity index is 1360. The molecule has 2 aliphatic rings. The lowest BCUT2D eigenvalue weighted by Crippen LogP contribution is -2.49. The summed E-state index contributed by atoms with van der Waals surface area (Å²) in [6.07, 6.45) is 0.773. The molecule has 0 aliphatic carbocycles. The molecule has 2 aromatic carbocycles. The highest BCUT2D eigenvalue weighted by Crippen LogP contribution is 2.24. The van der Waals surface area contributed by atoms with Crippen LogP contribution in [0, 0.1) is 20.2 Å². The fourth-order valence-electron chi connectivity index (χ4n) is 4.54. The molecule has 42 heavy (non-hydrogen) atoms. The zero-order valence-electron chi connectivity index (χ0n) is 22.2. The van der Waals surface area contributed by atoms with Gasteiger partial charge < -0.3 is 19.7 Å². The van der Waals surface area contributed by atoms with E-state index in [1.54, 1.807) is 4.90 Å². The number of hydrogen-bond acceptors (Lipinski definition) is 10. The van der Waals surface area contributed by atoms with Gasteiger partial charge in [-0.15, -0.1) is 0 Å². The molecular weight excluding hydrogens is 572 g/mol. The molecule has 0 saturated carbocycles. The first kappa shape index (κ1) is 30.2. The number of amides is 3. The topological polar surface area (TPSA) is 187 Å². The standard InChI is InChI=1S/C26H28N6O9S/c33-24(23-11-22(42)13-30(23)26(35)41-15-18-3-7-21(8-4-18)32(38)39)28-19-9-10-29(12-19)16-27-25(34)40-14-17-1-5-20(6-2-17)31(36)37/h1-8,16,19,22-23,42H,9-15H2,(H,28,33)/t19-,22-,23-/m0/s1. The first-order chi connectivity index (χ1) is 20.1. The zero-order chi connectivity index (χ0) is 30.2. The number of carbonyl (C=O) groups is 3. The predicted octanol–water partition coefficient (Wildman–Crippen LogP) is 3.07. The molecule has 2 aliphatic heterocycles. The molecule has 222 valence electrons. The third-order valence-corrected chi connectivity index (χ3v) is 7.10. The van der Waals surface area contributed by atoms with Gasteiger partial charge in [-0.25, -0.2) is 9.59 Å². The molecule has 3 atom stereocenters. The van der Waals surface area contributed by atoms with Crippen LogP contribution in [0.4, 0.5) is 21.0 Å². The van der Waals surface area contributed by atoms with Crippen LogP contribution in [0.1, 0.15) is 24.0 Å². The number of thiol groups is 1. The van der Waals surface area contributed by atoms with Crippen LogP contribution < -0.4 is 5.32 Å². The normalized spacial score (nSPS) is 20.0. The Morgan fingerprint density at radius 2 is 1.52 bits per heavy atom. The maximum absolute atomic E-state index is 13.1. The maximum Gasteiger partial charge on any atom is 0.435 e. The molecule has 2 heterocycles. The second-order valence-corrected chi connectivity index (χ2v) is 10.5. The van der Waals surface area contributed by atoms with Crippen molar-refractivity contribution in [2.24, 2.45) is 4.99 Å². The van der Waals surface area contributed by atoms with Gasteiger partial charge >= 0.3 is 12.2 Å². The van der Waals surface area contributed by atoms with Crippen molar-refractivity contribution >= 4 is 48.4 Å². The average Bonchev–Trinajstić information content (AvgIpc) is 3.60. The van der Waals surface area contributed by atoms with Gasteiger partial charge in [-0.05, 0) is 48.2 Å². The summed E-state index contributed by atoms with van der Waals surface area (Å²) < 4.78 is 10.4. The summed E-state index contributed by atoms with van der Waals surface area (Å²) in [5.41, 5.74) is 1.01. The Hall–Kier alpha value is -4.73. The third kappa shape index (κ3) is 8.15. The van der Waals surface area contributed by atoms with Gasteiger partial charge in [0.2, 0.25) is 5.91 Å². The Morgan fingerprint density at radius 1 is 0.952 bits per heavy atom. The molecule has 0 spiro atoms. The highest BCUT2D eigenvalue weighted by Gasteiger charge is 2.40. The summed E-state index contributed by atoms with van der Waals surface area (Å²) in [4.78, 5) is 65.1. The van der Waals surface area contributed by atoms with Crippen molar-refractivity contribution in [1.82, 2.24) is 15.1 Å². The van der Waals surface area contributed by atoms with Gasteiger partial charge in [0.15, 0.2) is 0 Å². The molecule has 0 bridgehead atoms. The smallest absolute Gasteiger partial charge is 0.435 e. The highest BCUT2D eigenvalue weighted by atomic mass is 32.1. The van der Waals surface area contributed by atoms with E-state index >= 15 is 0 Å². The molecule has 1 N–H and O–H groups in total. The first-order valence-corrected chi connectivity index (χ1v) is 13.4. The summed E-state index contributed by atoms with van der Waals surface area (Å²) in [5.74, 6) is -0.342. The first-order valence-electron chi connectivity index (χ1n) is 12.9. The molecule has 0 aromatic heterocycles. The van der Waals surface area contributed by atoms with E-state index in [9.17, 15) is 34.6 Å². The number of nitro groups is 2. The zero-order valence-corrected chi connectivity index (χ0v) is 23.1. The number of non-ortho nitro benzene ring substituents is 2. The van der Waals surface area contributed by atoms with Gasteiger partial charge in [-0.1, -0.05) is 0 Å². The summed E-state index contributed by atoms with van der Waals surface area (Å²) in [6.45, 7) is 0.961. The van der Waals surface area contributed by atoms with Gasteiger partial charge in [0, 0.05) is 55.2 Å². The van der Waals surface area contributed by atoms with E-state index in [0.29, 0.717) is 37.1 Å². The van der Waals surface area contributed by atoms with Crippen LogP contribution in [0.5, 0.6) is 0 Å². The van der Waals surface area contributed by atoms with Gasteiger partial charge in [0.05, 0.1) is 16.2 Å². The number of nitrogens with one attached hydrogen (secondary N) is 1. The van der Waals surface area contributed by atoms with E-state index in [1.165, 1.54) is 59.8 Å². The van der Waals surface area contributed by atoms with Crippen molar-refractivity contribution in [3.63, 3.8) is 0 Å². The molecule has 2 saturated heterocycles. The fraction of sp³-hybridized carbons (Fsp3) is 0.385. The Balaban J connectivity index is 1.21. The third-order valence-electron chi connectivity index (χ3n) is 6.73. The lowest BCUT2D eigenvalue weighted by molar-refractivity contribution is -0.385. The van der Waals surface area contributed by atoms with Crippen molar-refractivity contribution < 1.29 is 33.7 Å². The summed E-state index contributed by atoms with van der Waals surface area (Å²) >= 11 is 4.44. The van der Waals surface area contributed by atoms with Gasteiger partial charge in [-0.3, -0.25) is 29.9 Å². The summed E-state index contributed by atoms with van der Waals surface area (Å²) in [6, 6.07) is 10.2. The monoisotopic (exact) mass is 600 g/mol. The second kappa shape index (κ2) is 13.8. The van der Waals surface area contributed by atoms with Crippen LogP contribution in [0.15, 0.2) is 53.5 Å². The molecule has 3 amide bonds. The highest BCUT2D eigenvalue weighted by molar-refractivity contribution is 7.81. The lowest BCUT2D eigenvalue weighted by atomic mass is 10.2. The maximum atomic E-state index is 13.1. The molecule has 15 nitrogen and oxygen atoms in total. The molecular formula is C26H28N6O9S. The average molecular weight is 601 g/mol. The number of likely N-dealkylation sites (tertiary alicyclic amines) is 2. The number of ether oxygens (including phenoxy) is 2. The van der Waals surface area contributed by atoms with E-state index in [0.717, 1.165) is 0 Å². The van der Waals surface area contributed by atoms with Crippen molar-refractivity contribution in [3.05, 3.63) is 79.9 Å². The second-order valence-electron chi connectivity index (χ2n) is 9.75. The van der Waals surface area contributed by atoms with E-state index in [4.69, 9.17) is 9.47 Å².